The van der Waals surface area contributed by atoms with Crippen LogP contribution in [0.5, 0.6) is 5.75 Å². The number of alkyl halides is 4. The summed E-state index contributed by atoms with van der Waals surface area (Å²) in [6.45, 7) is 3.38. The Morgan fingerprint density at radius 1 is 1.28 bits per heavy atom. The molecule has 0 radical (unpaired) electrons. The van der Waals surface area contributed by atoms with E-state index in [-0.39, 0.29) is 11.3 Å². The summed E-state index contributed by atoms with van der Waals surface area (Å²) in [4.78, 5) is -1.13. The Kier molecular flexibility index (Phi) is 6.50. The molecule has 156 valence electrons. The maximum absolute atomic E-state index is 14.2. The Morgan fingerprint density at radius 3 is 2.52 bits per heavy atom. The lowest BCUT2D eigenvalue weighted by molar-refractivity contribution is -0.105. The van der Waals surface area contributed by atoms with Crippen molar-refractivity contribution in [2.75, 3.05) is 0 Å². The van der Waals surface area contributed by atoms with Crippen molar-refractivity contribution in [3.05, 3.63) is 64.5 Å². The number of hydrogen-bond acceptors (Lipinski definition) is 5. The number of sulfone groups is 1. The van der Waals surface area contributed by atoms with Crippen LogP contribution in [-0.2, 0) is 9.84 Å². The summed E-state index contributed by atoms with van der Waals surface area (Å²) in [6, 6.07) is 4.45. The Morgan fingerprint density at radius 2 is 1.93 bits per heavy atom. The van der Waals surface area contributed by atoms with E-state index in [0.717, 1.165) is 24.3 Å². The maximum atomic E-state index is 14.2. The number of rotatable bonds is 4. The summed E-state index contributed by atoms with van der Waals surface area (Å²) >= 11 is 0. The molecule has 0 aliphatic heterocycles. The number of benzene rings is 1. The van der Waals surface area contributed by atoms with Crippen LogP contribution in [0.25, 0.3) is 0 Å². The second-order valence-corrected chi connectivity index (χ2v) is 8.09. The van der Waals surface area contributed by atoms with Crippen LogP contribution < -0.4 is 4.74 Å². The lowest BCUT2D eigenvalue weighted by Gasteiger charge is -2.24. The van der Waals surface area contributed by atoms with E-state index in [9.17, 15) is 35.5 Å². The minimum absolute atomic E-state index is 0.147. The van der Waals surface area contributed by atoms with Crippen molar-refractivity contribution in [3.63, 3.8) is 0 Å². The Hall–Kier alpha value is -2.71. The normalized spacial score (nSPS) is 21.9. The summed E-state index contributed by atoms with van der Waals surface area (Å²) in [5.41, 5.74) is -0.560. The molecule has 0 unspecified atom stereocenters. The van der Waals surface area contributed by atoms with Crippen LogP contribution in [0.1, 0.15) is 18.4 Å². The van der Waals surface area contributed by atoms with Gasteiger partial charge in [0.05, 0.1) is 16.5 Å². The van der Waals surface area contributed by atoms with Gasteiger partial charge < -0.3 is 9.84 Å². The van der Waals surface area contributed by atoms with Crippen LogP contribution in [0, 0.1) is 17.1 Å². The topological polar surface area (TPSA) is 87.4 Å². The van der Waals surface area contributed by atoms with Crippen molar-refractivity contribution in [1.29, 1.82) is 5.26 Å². The average Bonchev–Trinajstić information content (AvgIpc) is 2.65. The molecule has 0 aromatic heterocycles. The summed E-state index contributed by atoms with van der Waals surface area (Å²) in [5, 5.41) is 18.5. The van der Waals surface area contributed by atoms with Crippen molar-refractivity contribution in [2.24, 2.45) is 0 Å². The Bertz CT molecular complexity index is 1030. The van der Waals surface area contributed by atoms with Crippen LogP contribution in [0.15, 0.2) is 53.2 Å². The van der Waals surface area contributed by atoms with Gasteiger partial charge in [0.25, 0.3) is 5.92 Å². The second-order valence-electron chi connectivity index (χ2n) is 6.12. The van der Waals surface area contributed by atoms with Gasteiger partial charge in [-0.15, -0.1) is 0 Å². The first-order chi connectivity index (χ1) is 13.4. The number of nitrogens with zero attached hydrogens (tertiary/aromatic N) is 1. The summed E-state index contributed by atoms with van der Waals surface area (Å²) < 4.78 is 96.5. The van der Waals surface area contributed by atoms with E-state index in [2.05, 4.69) is 6.58 Å². The Labute approximate surface area is 162 Å². The quantitative estimate of drug-likeness (QED) is 0.727. The maximum Gasteiger partial charge on any atom is 0.340 e. The number of hydrogen-bond donors (Lipinski definition) is 1. The number of halogens is 5. The lowest BCUT2D eigenvalue weighted by atomic mass is 10.0. The van der Waals surface area contributed by atoms with E-state index in [4.69, 9.17) is 10.00 Å². The van der Waals surface area contributed by atoms with E-state index in [1.54, 1.807) is 6.07 Å². The highest BCUT2D eigenvalue weighted by Crippen LogP contribution is 2.36. The van der Waals surface area contributed by atoms with Gasteiger partial charge in [-0.25, -0.2) is 21.6 Å². The number of ether oxygens (including phenoxy) is 1. The van der Waals surface area contributed by atoms with Gasteiger partial charge in [-0.3, -0.25) is 0 Å². The standard InChI is InChI=1S/C18H14F5NO4S/c1-10-8-18(22,23)16(25)7-14(29(26,27)17(20)21)2-3-15(10)28-13-5-11(9-24)4-12(19)6-13/h2-6,16-17,25H,1,7-8H2/b14-2+,15-3?/t16-/m1/s1. The predicted octanol–water partition coefficient (Wildman–Crippen LogP) is 3.83. The third-order valence-electron chi connectivity index (χ3n) is 3.93. The van der Waals surface area contributed by atoms with Crippen LogP contribution in [0.2, 0.25) is 0 Å². The van der Waals surface area contributed by atoms with Gasteiger partial charge in [-0.1, -0.05) is 6.58 Å². The zero-order chi connectivity index (χ0) is 22.0. The fraction of sp³-hybridized carbons (Fsp3) is 0.278. The molecular formula is C18H14F5NO4S. The van der Waals surface area contributed by atoms with Crippen molar-refractivity contribution in [3.8, 4) is 11.8 Å². The highest BCUT2D eigenvalue weighted by Gasteiger charge is 2.43. The third-order valence-corrected chi connectivity index (χ3v) is 5.43. The Balaban J connectivity index is 2.56. The molecule has 11 heteroatoms. The van der Waals surface area contributed by atoms with Crippen LogP contribution >= 0.6 is 0 Å². The predicted molar refractivity (Wildman–Crippen MR) is 92.2 cm³/mol. The summed E-state index contributed by atoms with van der Waals surface area (Å²) in [7, 11) is -5.27. The zero-order valence-electron chi connectivity index (χ0n) is 14.6. The van der Waals surface area contributed by atoms with E-state index < -0.39 is 62.5 Å². The summed E-state index contributed by atoms with van der Waals surface area (Å²) in [6.07, 6.45) is -3.61. The molecule has 1 N–H and O–H groups in total. The molecule has 1 aromatic rings. The second kappa shape index (κ2) is 8.34. The van der Waals surface area contributed by atoms with Gasteiger partial charge in [0.15, 0.2) is 0 Å². The molecule has 1 aliphatic carbocycles. The first-order valence-corrected chi connectivity index (χ1v) is 9.47. The molecule has 0 spiro atoms. The molecule has 1 aromatic carbocycles. The van der Waals surface area contributed by atoms with Gasteiger partial charge >= 0.3 is 5.76 Å². The van der Waals surface area contributed by atoms with Gasteiger partial charge in [-0.05, 0) is 29.9 Å². The largest absolute Gasteiger partial charge is 0.457 e. The van der Waals surface area contributed by atoms with Crippen LogP contribution in [-0.4, -0.2) is 31.3 Å². The number of aliphatic hydroxyl groups excluding tert-OH is 1. The highest BCUT2D eigenvalue weighted by molar-refractivity contribution is 7.95. The molecule has 0 bridgehead atoms. The first-order valence-electron chi connectivity index (χ1n) is 7.92. The van der Waals surface area contributed by atoms with Crippen molar-refractivity contribution < 1.29 is 40.2 Å². The van der Waals surface area contributed by atoms with Crippen LogP contribution in [0.4, 0.5) is 22.0 Å². The summed E-state index contributed by atoms with van der Waals surface area (Å²) in [5.74, 6) is -9.44. The molecule has 2 rings (SSSR count). The van der Waals surface area contributed by atoms with Gasteiger partial charge in [0, 0.05) is 18.9 Å². The molecule has 0 saturated heterocycles. The van der Waals surface area contributed by atoms with Crippen LogP contribution in [0.3, 0.4) is 0 Å². The zero-order valence-corrected chi connectivity index (χ0v) is 15.4. The average molecular weight is 435 g/mol. The molecule has 0 amide bonds. The van der Waals surface area contributed by atoms with E-state index in [1.165, 1.54) is 0 Å². The minimum atomic E-state index is -5.27. The third kappa shape index (κ3) is 5.21. The number of nitriles is 1. The van der Waals surface area contributed by atoms with E-state index in [0.29, 0.717) is 6.08 Å². The molecule has 1 aliphatic rings. The lowest BCUT2D eigenvalue weighted by Crippen LogP contribution is -2.35. The molecule has 29 heavy (non-hydrogen) atoms. The van der Waals surface area contributed by atoms with Crippen molar-refractivity contribution in [2.45, 2.75) is 30.6 Å². The molecule has 0 saturated carbocycles. The molecule has 0 heterocycles. The van der Waals surface area contributed by atoms with Gasteiger partial charge in [-0.2, -0.15) is 14.0 Å². The molecule has 5 nitrogen and oxygen atoms in total. The molecule has 0 fully saturated rings. The number of allylic oxidation sites excluding steroid dienone is 3. The molecular weight excluding hydrogens is 421 g/mol. The van der Waals surface area contributed by atoms with Gasteiger partial charge in [0.1, 0.15) is 23.4 Å². The van der Waals surface area contributed by atoms with E-state index in [1.807, 2.05) is 0 Å². The van der Waals surface area contributed by atoms with Crippen molar-refractivity contribution in [1.82, 2.24) is 0 Å². The van der Waals surface area contributed by atoms with E-state index >= 15 is 0 Å². The molecule has 1 atom stereocenters. The number of aliphatic hydroxyl groups is 1. The fourth-order valence-corrected chi connectivity index (χ4v) is 3.31. The van der Waals surface area contributed by atoms with Crippen molar-refractivity contribution >= 4 is 9.84 Å². The smallest absolute Gasteiger partial charge is 0.340 e. The first kappa shape index (κ1) is 22.6. The van der Waals surface area contributed by atoms with Gasteiger partial charge in [0.2, 0.25) is 9.84 Å². The fourth-order valence-electron chi connectivity index (χ4n) is 2.43. The minimum Gasteiger partial charge on any atom is -0.457 e. The SMILES string of the molecule is C=C1CC(F)(F)[C@H](O)C/C(S(=O)(=O)C(F)F)=C\C=C1Oc1cc(F)cc(C#N)c1. The highest BCUT2D eigenvalue weighted by atomic mass is 32.2. The monoisotopic (exact) mass is 435 g/mol.